The number of nitrogens with zero attached hydrogens (tertiary/aromatic N) is 2. The second-order valence-electron chi connectivity index (χ2n) is 5.06. The monoisotopic (exact) mass is 317 g/mol. The molecule has 2 atom stereocenters. The minimum atomic E-state index is -1.81. The molecule has 0 saturated heterocycles. The lowest BCUT2D eigenvalue weighted by molar-refractivity contribution is -0.136. The fourth-order valence-corrected chi connectivity index (χ4v) is 2.07. The Bertz CT molecular complexity index is 633. The minimum Gasteiger partial charge on any atom is -0.479 e. The molecule has 0 saturated carbocycles. The number of aliphatic carboxylic acids is 1. The molecular weight excluding hydrogens is 301 g/mol. The van der Waals surface area contributed by atoms with Crippen LogP contribution in [-0.4, -0.2) is 58.2 Å². The smallest absolute Gasteiger partial charge is 0.475 e. The van der Waals surface area contributed by atoms with Crippen LogP contribution in [-0.2, 0) is 16.0 Å². The molecule has 120 valence electrons. The van der Waals surface area contributed by atoms with Crippen molar-refractivity contribution in [2.24, 2.45) is 9.98 Å². The predicted octanol–water partition coefficient (Wildman–Crippen LogP) is -0.948. The van der Waals surface area contributed by atoms with Crippen molar-refractivity contribution < 1.29 is 24.7 Å². The number of amidine groups is 1. The summed E-state index contributed by atoms with van der Waals surface area (Å²) in [5, 5.41) is 30.1. The number of hydrogen-bond acceptors (Lipinski definition) is 6. The van der Waals surface area contributed by atoms with Gasteiger partial charge in [0.2, 0.25) is 5.91 Å². The van der Waals surface area contributed by atoms with E-state index < -0.39 is 25.1 Å². The highest BCUT2D eigenvalue weighted by Crippen LogP contribution is 2.07. The zero-order chi connectivity index (χ0) is 16.8. The van der Waals surface area contributed by atoms with Crippen molar-refractivity contribution in [2.75, 3.05) is 0 Å². The van der Waals surface area contributed by atoms with Gasteiger partial charge in [-0.3, -0.25) is 4.79 Å². The van der Waals surface area contributed by atoms with Crippen LogP contribution >= 0.6 is 0 Å². The highest BCUT2D eigenvalue weighted by molar-refractivity contribution is 6.44. The fourth-order valence-electron chi connectivity index (χ4n) is 2.07. The van der Waals surface area contributed by atoms with E-state index in [1.54, 1.807) is 24.3 Å². The predicted molar refractivity (Wildman–Crippen MR) is 84.2 cm³/mol. The first-order valence-corrected chi connectivity index (χ1v) is 6.99. The second-order valence-corrected chi connectivity index (χ2v) is 5.06. The Morgan fingerprint density at radius 3 is 2.52 bits per heavy atom. The van der Waals surface area contributed by atoms with Crippen LogP contribution in [0.25, 0.3) is 0 Å². The summed E-state index contributed by atoms with van der Waals surface area (Å²) < 4.78 is 0. The van der Waals surface area contributed by atoms with Gasteiger partial charge < -0.3 is 20.5 Å². The molecule has 0 aromatic heterocycles. The second kappa shape index (κ2) is 7.66. The molecule has 1 unspecified atom stereocenters. The van der Waals surface area contributed by atoms with Gasteiger partial charge in [0.15, 0.2) is 6.04 Å². The molecule has 4 N–H and O–H groups in total. The van der Waals surface area contributed by atoms with E-state index in [0.29, 0.717) is 0 Å². The van der Waals surface area contributed by atoms with Crippen LogP contribution in [0.15, 0.2) is 40.3 Å². The van der Waals surface area contributed by atoms with Crippen molar-refractivity contribution in [3.8, 4) is 0 Å². The number of amides is 1. The summed E-state index contributed by atoms with van der Waals surface area (Å²) in [7, 11) is -1.81. The number of aliphatic imine (C=N–C) groups is 2. The van der Waals surface area contributed by atoms with Crippen LogP contribution in [0.2, 0.25) is 0 Å². The Morgan fingerprint density at radius 2 is 1.96 bits per heavy atom. The van der Waals surface area contributed by atoms with Gasteiger partial charge in [0, 0.05) is 12.6 Å². The maximum atomic E-state index is 12.0. The maximum Gasteiger partial charge on any atom is 0.475 e. The number of hydrogen-bond donors (Lipinski definition) is 4. The van der Waals surface area contributed by atoms with Gasteiger partial charge >= 0.3 is 13.1 Å². The van der Waals surface area contributed by atoms with Crippen molar-refractivity contribution in [3.63, 3.8) is 0 Å². The molecule has 1 heterocycles. The zero-order valence-electron chi connectivity index (χ0n) is 12.2. The van der Waals surface area contributed by atoms with Crippen LogP contribution in [0, 0.1) is 0 Å². The molecule has 1 aliphatic rings. The number of benzene rings is 1. The maximum absolute atomic E-state index is 12.0. The van der Waals surface area contributed by atoms with Crippen LogP contribution in [0.3, 0.4) is 0 Å². The molecule has 1 aromatic rings. The largest absolute Gasteiger partial charge is 0.479 e. The summed E-state index contributed by atoms with van der Waals surface area (Å²) in [5.74, 6) is -2.39. The Labute approximate surface area is 132 Å². The normalized spacial score (nSPS) is 17.5. The van der Waals surface area contributed by atoms with Crippen molar-refractivity contribution in [2.45, 2.75) is 24.8 Å². The van der Waals surface area contributed by atoms with Crippen LogP contribution < -0.4 is 5.32 Å². The molecular formula is C14H16BN3O5. The summed E-state index contributed by atoms with van der Waals surface area (Å²) >= 11 is 0. The molecule has 1 aliphatic heterocycles. The lowest BCUT2D eigenvalue weighted by Gasteiger charge is -2.17. The average molecular weight is 317 g/mol. The first-order chi connectivity index (χ1) is 11.0. The first-order valence-electron chi connectivity index (χ1n) is 6.99. The van der Waals surface area contributed by atoms with Gasteiger partial charge in [-0.15, -0.1) is 0 Å². The van der Waals surface area contributed by atoms with Gasteiger partial charge in [-0.25, -0.2) is 14.8 Å². The number of carboxylic acids is 1. The molecule has 1 amide bonds. The van der Waals surface area contributed by atoms with E-state index in [-0.39, 0.29) is 24.6 Å². The summed E-state index contributed by atoms with van der Waals surface area (Å²) in [6.07, 6.45) is 1.18. The zero-order valence-corrected chi connectivity index (χ0v) is 12.2. The van der Waals surface area contributed by atoms with E-state index in [2.05, 4.69) is 15.3 Å². The third-order valence-corrected chi connectivity index (χ3v) is 3.22. The highest BCUT2D eigenvalue weighted by Gasteiger charge is 2.29. The van der Waals surface area contributed by atoms with E-state index in [1.165, 1.54) is 0 Å². The number of carbonyl (C=O) groups is 2. The third kappa shape index (κ3) is 5.01. The van der Waals surface area contributed by atoms with Gasteiger partial charge in [0.1, 0.15) is 5.84 Å². The van der Waals surface area contributed by atoms with Crippen LogP contribution in [0.1, 0.15) is 12.0 Å². The summed E-state index contributed by atoms with van der Waals surface area (Å²) in [6.45, 7) is 0. The Balaban J connectivity index is 1.94. The lowest BCUT2D eigenvalue weighted by atomic mass is 9.77. The quantitative estimate of drug-likeness (QED) is 0.482. The average Bonchev–Trinajstić information content (AvgIpc) is 2.96. The molecule has 9 heteroatoms. The number of rotatable bonds is 7. The Kier molecular flexibility index (Phi) is 5.61. The molecule has 23 heavy (non-hydrogen) atoms. The van der Waals surface area contributed by atoms with Crippen LogP contribution in [0.4, 0.5) is 0 Å². The van der Waals surface area contributed by atoms with E-state index in [4.69, 9.17) is 5.11 Å². The van der Waals surface area contributed by atoms with Crippen LogP contribution in [0.5, 0.6) is 0 Å². The first kappa shape index (κ1) is 16.8. The standard InChI is InChI=1S/C14H16BN3O5/c19-13(6-9-4-2-1-3-5-9)18-11(15(22)23)7-12-16-8-10(17-12)14(20)21/h1-5,8,10-11,22-23H,6-7H2,(H,18,19)(H,20,21)/t10?,11-/m1/s1. The SMILES string of the molecule is O=C(Cc1ccccc1)N[C@H](CC1=NC(C(=O)O)C=N1)B(O)O. The molecule has 1 aromatic carbocycles. The van der Waals surface area contributed by atoms with Gasteiger partial charge in [0.05, 0.1) is 12.4 Å². The van der Waals surface area contributed by atoms with Gasteiger partial charge in [0.25, 0.3) is 0 Å². The summed E-state index contributed by atoms with van der Waals surface area (Å²) in [4.78, 5) is 30.4. The van der Waals surface area contributed by atoms with Crippen molar-refractivity contribution in [1.82, 2.24) is 5.32 Å². The van der Waals surface area contributed by atoms with E-state index in [0.717, 1.165) is 11.8 Å². The summed E-state index contributed by atoms with van der Waals surface area (Å²) in [6, 6.07) is 7.93. The molecule has 0 spiro atoms. The van der Waals surface area contributed by atoms with E-state index in [1.807, 2.05) is 6.07 Å². The molecule has 0 aliphatic carbocycles. The molecule has 0 radical (unpaired) electrons. The fraction of sp³-hybridized carbons (Fsp3) is 0.286. The van der Waals surface area contributed by atoms with E-state index in [9.17, 15) is 19.6 Å². The van der Waals surface area contributed by atoms with Gasteiger partial charge in [-0.05, 0) is 5.56 Å². The molecule has 0 fully saturated rings. The number of carbonyl (C=O) groups excluding carboxylic acids is 1. The number of nitrogens with one attached hydrogen (secondary N) is 1. The third-order valence-electron chi connectivity index (χ3n) is 3.22. The van der Waals surface area contributed by atoms with Gasteiger partial charge in [-0.1, -0.05) is 30.3 Å². The van der Waals surface area contributed by atoms with E-state index >= 15 is 0 Å². The Hall–Kier alpha value is -2.52. The van der Waals surface area contributed by atoms with Crippen molar-refractivity contribution in [1.29, 1.82) is 0 Å². The lowest BCUT2D eigenvalue weighted by Crippen LogP contribution is -2.48. The molecule has 8 nitrogen and oxygen atoms in total. The summed E-state index contributed by atoms with van der Waals surface area (Å²) in [5.41, 5.74) is 0.790. The topological polar surface area (TPSA) is 132 Å². The number of carboxylic acid groups (broad SMARTS) is 1. The minimum absolute atomic E-state index is 0.0710. The molecule has 0 bridgehead atoms. The van der Waals surface area contributed by atoms with Gasteiger partial charge in [-0.2, -0.15) is 0 Å². The highest BCUT2D eigenvalue weighted by atomic mass is 16.4. The van der Waals surface area contributed by atoms with Crippen molar-refractivity contribution >= 4 is 31.0 Å². The molecule has 2 rings (SSSR count). The Morgan fingerprint density at radius 1 is 1.26 bits per heavy atom. The van der Waals surface area contributed by atoms with Crippen molar-refractivity contribution in [3.05, 3.63) is 35.9 Å².